The molecule has 0 aromatic heterocycles. The zero-order valence-corrected chi connectivity index (χ0v) is 3.78. The van der Waals surface area contributed by atoms with Crippen molar-refractivity contribution in [2.45, 2.75) is 31.9 Å². The van der Waals surface area contributed by atoms with Crippen LogP contribution < -0.4 is 0 Å². The predicted molar refractivity (Wildman–Crippen MR) is 23.4 cm³/mol. The largest absolute Gasteiger partial charge is 0.247 e. The molecule has 0 radical (unpaired) electrons. The highest BCUT2D eigenvalue weighted by Crippen LogP contribution is 2.19. The summed E-state index contributed by atoms with van der Waals surface area (Å²) < 4.78 is 11.9. The van der Waals surface area contributed by atoms with Crippen molar-refractivity contribution in [3.8, 4) is 0 Å². The van der Waals surface area contributed by atoms with E-state index in [1.807, 2.05) is 0 Å². The summed E-state index contributed by atoms with van der Waals surface area (Å²) in [7, 11) is 0. The van der Waals surface area contributed by atoms with Crippen LogP contribution in [0.1, 0.15) is 25.7 Å². The van der Waals surface area contributed by atoms with Gasteiger partial charge < -0.3 is 0 Å². The fraction of sp³-hybridized carbons (Fsp3) is 1.00. The molecular weight excluding hydrogens is 79.1 g/mol. The Labute approximate surface area is 37.4 Å². The minimum absolute atomic E-state index is 0.454. The van der Waals surface area contributed by atoms with Crippen molar-refractivity contribution in [3.63, 3.8) is 0 Å². The van der Waals surface area contributed by atoms with Crippen LogP contribution in [-0.4, -0.2) is 6.17 Å². The van der Waals surface area contributed by atoms with E-state index in [4.69, 9.17) is 0 Å². The lowest BCUT2D eigenvalue weighted by molar-refractivity contribution is 0.343. The van der Waals surface area contributed by atoms with E-state index in [0.29, 0.717) is 0 Å². The average molecular weight is 88.1 g/mol. The summed E-state index contributed by atoms with van der Waals surface area (Å²) in [5.41, 5.74) is 0. The maximum Gasteiger partial charge on any atom is 0.100 e. The standard InChI is InChI=1S/C5H9F/c6-5-3-1-2-4-5/h5H,1-4H2. The Morgan fingerprint density at radius 2 is 1.67 bits per heavy atom. The lowest BCUT2D eigenvalue weighted by atomic mass is 10.3. The highest BCUT2D eigenvalue weighted by molar-refractivity contribution is 4.63. The summed E-state index contributed by atoms with van der Waals surface area (Å²) in [5, 5.41) is 0. The van der Waals surface area contributed by atoms with E-state index < -0.39 is 6.17 Å². The third kappa shape index (κ3) is 0.703. The van der Waals surface area contributed by atoms with Crippen LogP contribution in [0.4, 0.5) is 4.39 Å². The van der Waals surface area contributed by atoms with Crippen LogP contribution in [0.5, 0.6) is 0 Å². The second-order valence-electron chi connectivity index (χ2n) is 1.88. The Balaban J connectivity index is 2.18. The normalized spacial score (nSPS) is 25.5. The fourth-order valence-electron chi connectivity index (χ4n) is 0.876. The summed E-state index contributed by atoms with van der Waals surface area (Å²) in [6.45, 7) is 0. The molecule has 1 saturated carbocycles. The molecule has 0 amide bonds. The lowest BCUT2D eigenvalue weighted by Gasteiger charge is -1.86. The average Bonchev–Trinajstić information content (AvgIpc) is 1.86. The van der Waals surface area contributed by atoms with E-state index in [9.17, 15) is 4.39 Å². The Morgan fingerprint density at radius 1 is 1.17 bits per heavy atom. The second-order valence-corrected chi connectivity index (χ2v) is 1.88. The molecule has 1 aliphatic carbocycles. The number of alkyl halides is 1. The van der Waals surface area contributed by atoms with Crippen molar-refractivity contribution in [1.82, 2.24) is 0 Å². The lowest BCUT2D eigenvalue weighted by Crippen LogP contribution is -1.85. The molecule has 0 bridgehead atoms. The van der Waals surface area contributed by atoms with Gasteiger partial charge in [0.05, 0.1) is 0 Å². The van der Waals surface area contributed by atoms with Crippen LogP contribution in [0.25, 0.3) is 0 Å². The van der Waals surface area contributed by atoms with Gasteiger partial charge in [-0.25, -0.2) is 4.39 Å². The minimum Gasteiger partial charge on any atom is -0.247 e. The van der Waals surface area contributed by atoms with Crippen LogP contribution in [0, 0.1) is 0 Å². The van der Waals surface area contributed by atoms with Gasteiger partial charge in [-0.05, 0) is 12.8 Å². The maximum absolute atomic E-state index is 11.9. The highest BCUT2D eigenvalue weighted by atomic mass is 19.1. The molecule has 0 nitrogen and oxygen atoms in total. The van der Waals surface area contributed by atoms with Gasteiger partial charge >= 0.3 is 0 Å². The molecule has 0 heterocycles. The van der Waals surface area contributed by atoms with Gasteiger partial charge in [0.25, 0.3) is 0 Å². The molecule has 0 saturated heterocycles. The van der Waals surface area contributed by atoms with E-state index >= 15 is 0 Å². The van der Waals surface area contributed by atoms with E-state index in [-0.39, 0.29) is 0 Å². The van der Waals surface area contributed by atoms with Gasteiger partial charge in [-0.3, -0.25) is 0 Å². The molecule has 1 heteroatoms. The zero-order valence-electron chi connectivity index (χ0n) is 3.78. The minimum atomic E-state index is -0.454. The number of rotatable bonds is 0. The van der Waals surface area contributed by atoms with E-state index in [0.717, 1.165) is 25.7 Å². The summed E-state index contributed by atoms with van der Waals surface area (Å²) in [4.78, 5) is 0. The van der Waals surface area contributed by atoms with Gasteiger partial charge in [0.2, 0.25) is 0 Å². The molecule has 0 N–H and O–H groups in total. The molecule has 1 rings (SSSR count). The zero-order chi connectivity index (χ0) is 4.41. The van der Waals surface area contributed by atoms with Crippen LogP contribution in [0.3, 0.4) is 0 Å². The van der Waals surface area contributed by atoms with Gasteiger partial charge in [-0.1, -0.05) is 12.8 Å². The maximum atomic E-state index is 11.9. The third-order valence-corrected chi connectivity index (χ3v) is 1.28. The monoisotopic (exact) mass is 88.1 g/mol. The van der Waals surface area contributed by atoms with Crippen molar-refractivity contribution >= 4 is 0 Å². The van der Waals surface area contributed by atoms with Crippen LogP contribution in [0.2, 0.25) is 0 Å². The van der Waals surface area contributed by atoms with Gasteiger partial charge in [0.1, 0.15) is 6.17 Å². The number of halogens is 1. The van der Waals surface area contributed by atoms with E-state index in [2.05, 4.69) is 0 Å². The van der Waals surface area contributed by atoms with E-state index in [1.54, 1.807) is 0 Å². The molecule has 0 aromatic rings. The summed E-state index contributed by atoms with van der Waals surface area (Å²) in [6, 6.07) is 0. The molecule has 1 fully saturated rings. The van der Waals surface area contributed by atoms with Crippen molar-refractivity contribution in [3.05, 3.63) is 0 Å². The molecule has 0 aromatic carbocycles. The Kier molecular flexibility index (Phi) is 1.08. The fourth-order valence-corrected chi connectivity index (χ4v) is 0.876. The summed E-state index contributed by atoms with van der Waals surface area (Å²) in [6.07, 6.45) is 3.41. The summed E-state index contributed by atoms with van der Waals surface area (Å²) in [5.74, 6) is 0. The molecule has 0 unspecified atom stereocenters. The SMILES string of the molecule is FC1CCCC1. The second kappa shape index (κ2) is 1.59. The molecule has 0 spiro atoms. The topological polar surface area (TPSA) is 0 Å². The Bertz CT molecular complexity index is 37.2. The number of hydrogen-bond acceptors (Lipinski definition) is 0. The smallest absolute Gasteiger partial charge is 0.100 e. The first-order chi connectivity index (χ1) is 2.89. The van der Waals surface area contributed by atoms with Gasteiger partial charge in [-0.2, -0.15) is 0 Å². The molecule has 36 valence electrons. The highest BCUT2D eigenvalue weighted by Gasteiger charge is 2.11. The Morgan fingerprint density at radius 3 is 1.83 bits per heavy atom. The van der Waals surface area contributed by atoms with Crippen LogP contribution >= 0.6 is 0 Å². The molecule has 6 heavy (non-hydrogen) atoms. The summed E-state index contributed by atoms with van der Waals surface area (Å²) >= 11 is 0. The van der Waals surface area contributed by atoms with Crippen LogP contribution in [0.15, 0.2) is 0 Å². The molecule has 1 aliphatic rings. The third-order valence-electron chi connectivity index (χ3n) is 1.28. The van der Waals surface area contributed by atoms with Crippen molar-refractivity contribution < 1.29 is 4.39 Å². The quantitative estimate of drug-likeness (QED) is 0.424. The molecular formula is C5H9F. The van der Waals surface area contributed by atoms with Gasteiger partial charge in [0, 0.05) is 0 Å². The van der Waals surface area contributed by atoms with Gasteiger partial charge in [0.15, 0.2) is 0 Å². The van der Waals surface area contributed by atoms with Crippen molar-refractivity contribution in [1.29, 1.82) is 0 Å². The predicted octanol–water partition coefficient (Wildman–Crippen LogP) is 1.90. The number of hydrogen-bond donors (Lipinski definition) is 0. The Hall–Kier alpha value is -0.0700. The van der Waals surface area contributed by atoms with Crippen molar-refractivity contribution in [2.24, 2.45) is 0 Å². The van der Waals surface area contributed by atoms with Crippen LogP contribution in [-0.2, 0) is 0 Å². The van der Waals surface area contributed by atoms with Crippen molar-refractivity contribution in [2.75, 3.05) is 0 Å². The van der Waals surface area contributed by atoms with E-state index in [1.165, 1.54) is 0 Å². The molecule has 0 aliphatic heterocycles. The molecule has 0 atom stereocenters. The van der Waals surface area contributed by atoms with Gasteiger partial charge in [-0.15, -0.1) is 0 Å². The first-order valence-electron chi connectivity index (χ1n) is 2.53. The first-order valence-corrected chi connectivity index (χ1v) is 2.53. The first kappa shape index (κ1) is 4.10.